The van der Waals surface area contributed by atoms with Crippen LogP contribution in [0.5, 0.6) is 0 Å². The molecule has 0 unspecified atom stereocenters. The number of halogens is 2. The van der Waals surface area contributed by atoms with E-state index in [1.54, 1.807) is 0 Å². The summed E-state index contributed by atoms with van der Waals surface area (Å²) in [5, 5.41) is 8.11. The maximum atomic E-state index is 11.7. The Morgan fingerprint density at radius 1 is 1.28 bits per heavy atom. The topological polar surface area (TPSA) is 115 Å². The molecule has 0 saturated carbocycles. The van der Waals surface area contributed by atoms with Gasteiger partial charge in [0.1, 0.15) is 5.75 Å². The molecule has 0 radical (unpaired) electrons. The zero-order valence-corrected chi connectivity index (χ0v) is 11.0. The normalized spacial score (nSPS) is 11.2. The molecule has 0 bridgehead atoms. The lowest BCUT2D eigenvalue weighted by atomic mass is 10.2. The summed E-state index contributed by atoms with van der Waals surface area (Å²) >= 11 is 11.3. The van der Waals surface area contributed by atoms with Crippen molar-refractivity contribution in [2.24, 2.45) is 5.73 Å². The number of rotatable bonds is 4. The summed E-state index contributed by atoms with van der Waals surface area (Å²) < 4.78 is 23.5. The highest BCUT2D eigenvalue weighted by molar-refractivity contribution is 7.92. The lowest BCUT2D eigenvalue weighted by Gasteiger charge is -2.08. The lowest BCUT2D eigenvalue weighted by Crippen LogP contribution is -2.23. The molecule has 0 atom stereocenters. The number of carboxylic acids is 1. The van der Waals surface area contributed by atoms with Gasteiger partial charge in [-0.2, -0.15) is 0 Å². The Kier molecular flexibility index (Phi) is 4.20. The monoisotopic (exact) mass is 311 g/mol. The number of benzene rings is 1. The first-order valence-electron chi connectivity index (χ1n) is 4.39. The van der Waals surface area contributed by atoms with Gasteiger partial charge in [0.25, 0.3) is 0 Å². The van der Waals surface area contributed by atoms with Crippen LogP contribution in [-0.2, 0) is 14.6 Å². The van der Waals surface area contributed by atoms with Crippen molar-refractivity contribution < 1.29 is 23.1 Å². The van der Waals surface area contributed by atoms with Crippen LogP contribution >= 0.6 is 23.2 Å². The zero-order chi connectivity index (χ0) is 14.1. The third kappa shape index (κ3) is 2.92. The summed E-state index contributed by atoms with van der Waals surface area (Å²) in [5.41, 5.74) is 4.25. The second kappa shape index (κ2) is 5.13. The van der Waals surface area contributed by atoms with Gasteiger partial charge in [-0.05, 0) is 12.1 Å². The average molecular weight is 312 g/mol. The van der Waals surface area contributed by atoms with E-state index in [9.17, 15) is 18.0 Å². The smallest absolute Gasteiger partial charge is 0.338 e. The molecule has 1 aromatic rings. The molecule has 9 heteroatoms. The Bertz CT molecular complexity index is 626. The maximum absolute atomic E-state index is 11.7. The van der Waals surface area contributed by atoms with Crippen molar-refractivity contribution in [3.05, 3.63) is 27.7 Å². The average Bonchev–Trinajstić information content (AvgIpc) is 2.13. The molecule has 0 aliphatic rings. The Balaban J connectivity index is 3.50. The minimum atomic E-state index is -4.09. The maximum Gasteiger partial charge on any atom is 0.338 e. The second-order valence-electron chi connectivity index (χ2n) is 3.27. The second-order valence-corrected chi connectivity index (χ2v) is 6.01. The number of carboxylic acid groups (broad SMARTS) is 1. The van der Waals surface area contributed by atoms with Gasteiger partial charge in [0.15, 0.2) is 9.84 Å². The number of carbonyl (C=O) groups is 2. The molecule has 1 aromatic carbocycles. The molecule has 3 N–H and O–H groups in total. The molecule has 98 valence electrons. The summed E-state index contributed by atoms with van der Waals surface area (Å²) in [4.78, 5) is 21.0. The molecule has 6 nitrogen and oxygen atoms in total. The molecular weight excluding hydrogens is 305 g/mol. The Morgan fingerprint density at radius 3 is 2.28 bits per heavy atom. The van der Waals surface area contributed by atoms with Gasteiger partial charge in [-0.1, -0.05) is 23.2 Å². The highest BCUT2D eigenvalue weighted by Crippen LogP contribution is 2.31. The first-order valence-corrected chi connectivity index (χ1v) is 6.80. The van der Waals surface area contributed by atoms with Crippen molar-refractivity contribution >= 4 is 44.9 Å². The van der Waals surface area contributed by atoms with Gasteiger partial charge in [-0.25, -0.2) is 13.2 Å². The molecule has 1 amide bonds. The van der Waals surface area contributed by atoms with E-state index >= 15 is 0 Å². The molecular formula is C9H7Cl2NO5S. The first kappa shape index (κ1) is 14.7. The van der Waals surface area contributed by atoms with E-state index in [1.807, 2.05) is 0 Å². The van der Waals surface area contributed by atoms with Crippen LogP contribution in [-0.4, -0.2) is 31.2 Å². The number of hydrogen-bond donors (Lipinski definition) is 2. The van der Waals surface area contributed by atoms with Crippen molar-refractivity contribution in [2.45, 2.75) is 4.90 Å². The number of nitrogens with two attached hydrogens (primary N) is 1. The molecule has 0 aliphatic heterocycles. The Labute approximate surface area is 112 Å². The summed E-state index contributed by atoms with van der Waals surface area (Å²) in [6, 6.07) is 2.10. The van der Waals surface area contributed by atoms with E-state index in [1.165, 1.54) is 0 Å². The molecule has 0 heterocycles. The number of sulfone groups is 1. The fraction of sp³-hybridized carbons (Fsp3) is 0.111. The zero-order valence-electron chi connectivity index (χ0n) is 8.68. The van der Waals surface area contributed by atoms with Gasteiger partial charge in [-0.15, -0.1) is 0 Å². The van der Waals surface area contributed by atoms with Gasteiger partial charge in [0.2, 0.25) is 5.91 Å². The molecule has 0 saturated heterocycles. The van der Waals surface area contributed by atoms with Crippen LogP contribution in [0.15, 0.2) is 17.0 Å². The van der Waals surface area contributed by atoms with E-state index in [-0.39, 0.29) is 5.02 Å². The fourth-order valence-corrected chi connectivity index (χ4v) is 3.30. The number of carbonyl (C=O) groups excluding carboxylic acids is 1. The van der Waals surface area contributed by atoms with E-state index in [0.29, 0.717) is 0 Å². The SMILES string of the molecule is NC(=O)CS(=O)(=O)c1ccc(Cl)c(C(=O)O)c1Cl. The lowest BCUT2D eigenvalue weighted by molar-refractivity contribution is -0.115. The first-order chi connectivity index (χ1) is 8.16. The van der Waals surface area contributed by atoms with E-state index in [2.05, 4.69) is 0 Å². The van der Waals surface area contributed by atoms with Crippen LogP contribution in [0.2, 0.25) is 10.0 Å². The van der Waals surface area contributed by atoms with Crippen molar-refractivity contribution in [2.75, 3.05) is 5.75 Å². The molecule has 1 rings (SSSR count). The standard InChI is InChI=1S/C9H7Cl2NO5S/c10-4-1-2-5(8(11)7(4)9(14)15)18(16,17)3-6(12)13/h1-2H,3H2,(H2,12,13)(H,14,15). The summed E-state index contributed by atoms with van der Waals surface area (Å²) in [7, 11) is -4.09. The van der Waals surface area contributed by atoms with Crippen molar-refractivity contribution in [3.63, 3.8) is 0 Å². The largest absolute Gasteiger partial charge is 0.478 e. The number of amides is 1. The van der Waals surface area contributed by atoms with Crippen LogP contribution in [0, 0.1) is 0 Å². The third-order valence-corrected chi connectivity index (χ3v) is 4.43. The third-order valence-electron chi connectivity index (χ3n) is 1.94. The quantitative estimate of drug-likeness (QED) is 0.859. The fourth-order valence-electron chi connectivity index (χ4n) is 1.23. The van der Waals surface area contributed by atoms with Gasteiger partial charge in [-0.3, -0.25) is 4.79 Å². The van der Waals surface area contributed by atoms with Gasteiger partial charge in [0, 0.05) is 0 Å². The van der Waals surface area contributed by atoms with Crippen molar-refractivity contribution in [1.29, 1.82) is 0 Å². The van der Waals surface area contributed by atoms with Crippen LogP contribution in [0.25, 0.3) is 0 Å². The predicted octanol–water partition coefficient (Wildman–Crippen LogP) is 0.951. The highest BCUT2D eigenvalue weighted by Gasteiger charge is 2.26. The Morgan fingerprint density at radius 2 is 1.83 bits per heavy atom. The molecule has 0 spiro atoms. The van der Waals surface area contributed by atoms with E-state index < -0.39 is 42.9 Å². The van der Waals surface area contributed by atoms with Crippen LogP contribution in [0.1, 0.15) is 10.4 Å². The minimum absolute atomic E-state index is 0.203. The summed E-state index contributed by atoms with van der Waals surface area (Å²) in [6.07, 6.45) is 0. The van der Waals surface area contributed by atoms with Gasteiger partial charge >= 0.3 is 5.97 Å². The van der Waals surface area contributed by atoms with Gasteiger partial charge in [0.05, 0.1) is 20.5 Å². The molecule has 0 aromatic heterocycles. The molecule has 0 aliphatic carbocycles. The molecule has 18 heavy (non-hydrogen) atoms. The van der Waals surface area contributed by atoms with Crippen LogP contribution in [0.3, 0.4) is 0 Å². The molecule has 0 fully saturated rings. The summed E-state index contributed by atoms with van der Waals surface area (Å²) in [5.74, 6) is -3.51. The highest BCUT2D eigenvalue weighted by atomic mass is 35.5. The number of hydrogen-bond acceptors (Lipinski definition) is 4. The predicted molar refractivity (Wildman–Crippen MR) is 64.7 cm³/mol. The van der Waals surface area contributed by atoms with Crippen LogP contribution in [0.4, 0.5) is 0 Å². The van der Waals surface area contributed by atoms with E-state index in [0.717, 1.165) is 12.1 Å². The van der Waals surface area contributed by atoms with Crippen molar-refractivity contribution in [3.8, 4) is 0 Å². The van der Waals surface area contributed by atoms with E-state index in [4.69, 9.17) is 34.0 Å². The number of primary amides is 1. The van der Waals surface area contributed by atoms with Crippen molar-refractivity contribution in [1.82, 2.24) is 0 Å². The summed E-state index contributed by atoms with van der Waals surface area (Å²) in [6.45, 7) is 0. The van der Waals surface area contributed by atoms with Gasteiger partial charge < -0.3 is 10.8 Å². The van der Waals surface area contributed by atoms with Crippen LogP contribution < -0.4 is 5.73 Å². The minimum Gasteiger partial charge on any atom is -0.478 e. The number of aromatic carboxylic acids is 1. The Hall–Kier alpha value is -1.31.